The van der Waals surface area contributed by atoms with Crippen LogP contribution in [0.1, 0.15) is 19.8 Å². The maximum absolute atomic E-state index is 3.79. The Hall–Kier alpha value is -0.780. The molecule has 0 aromatic heterocycles. The number of hydrogen-bond acceptors (Lipinski definition) is 0. The molecule has 0 amide bonds. The van der Waals surface area contributed by atoms with Gasteiger partial charge in [0.2, 0.25) is 0 Å². The van der Waals surface area contributed by atoms with Crippen LogP contribution in [0, 0.1) is 5.92 Å². The molecule has 0 nitrogen and oxygen atoms in total. The minimum atomic E-state index is 0.619. The fourth-order valence-corrected chi connectivity index (χ4v) is 1.52. The molecule has 0 aromatic carbocycles. The molecule has 0 saturated carbocycles. The average molecular weight is 134 g/mol. The molecule has 0 aromatic rings. The molecule has 0 heteroatoms. The van der Waals surface area contributed by atoms with Gasteiger partial charge in [0.25, 0.3) is 0 Å². The molecule has 0 fully saturated rings. The second kappa shape index (κ2) is 2.87. The molecule has 0 aliphatic heterocycles. The van der Waals surface area contributed by atoms with Gasteiger partial charge in [-0.15, -0.1) is 6.58 Å². The highest BCUT2D eigenvalue weighted by atomic mass is 14.2. The molecule has 54 valence electrons. The molecule has 0 saturated heterocycles. The topological polar surface area (TPSA) is 0 Å². The SMILES string of the molecule is C=CC1=C(C)C(C=C)CC1. The highest BCUT2D eigenvalue weighted by Crippen LogP contribution is 2.32. The molecule has 1 aliphatic rings. The first-order valence-electron chi connectivity index (χ1n) is 3.74. The summed E-state index contributed by atoms with van der Waals surface area (Å²) in [5.74, 6) is 0.619. The van der Waals surface area contributed by atoms with Crippen molar-refractivity contribution in [1.29, 1.82) is 0 Å². The van der Waals surface area contributed by atoms with E-state index in [1.807, 2.05) is 12.2 Å². The molecule has 10 heavy (non-hydrogen) atoms. The summed E-state index contributed by atoms with van der Waals surface area (Å²) in [7, 11) is 0. The van der Waals surface area contributed by atoms with Gasteiger partial charge in [-0.25, -0.2) is 0 Å². The Morgan fingerprint density at radius 3 is 2.50 bits per heavy atom. The lowest BCUT2D eigenvalue weighted by Gasteiger charge is -2.02. The molecule has 1 unspecified atom stereocenters. The minimum Gasteiger partial charge on any atom is -0.102 e. The summed E-state index contributed by atoms with van der Waals surface area (Å²) in [4.78, 5) is 0. The van der Waals surface area contributed by atoms with Crippen molar-refractivity contribution >= 4 is 0 Å². The third kappa shape index (κ3) is 1.06. The first-order chi connectivity index (χ1) is 4.79. The van der Waals surface area contributed by atoms with E-state index in [1.165, 1.54) is 24.0 Å². The van der Waals surface area contributed by atoms with Crippen molar-refractivity contribution in [3.05, 3.63) is 36.5 Å². The fourth-order valence-electron chi connectivity index (χ4n) is 1.52. The first-order valence-corrected chi connectivity index (χ1v) is 3.74. The van der Waals surface area contributed by atoms with Crippen LogP contribution < -0.4 is 0 Å². The zero-order valence-electron chi connectivity index (χ0n) is 6.56. The van der Waals surface area contributed by atoms with Gasteiger partial charge in [-0.05, 0) is 31.3 Å². The van der Waals surface area contributed by atoms with Gasteiger partial charge in [0.1, 0.15) is 0 Å². The lowest BCUT2D eigenvalue weighted by Crippen LogP contribution is -1.89. The normalized spacial score (nSPS) is 25.1. The Morgan fingerprint density at radius 2 is 2.20 bits per heavy atom. The summed E-state index contributed by atoms with van der Waals surface area (Å²) in [6.45, 7) is 9.74. The summed E-state index contributed by atoms with van der Waals surface area (Å²) >= 11 is 0. The number of hydrogen-bond donors (Lipinski definition) is 0. The maximum atomic E-state index is 3.79. The van der Waals surface area contributed by atoms with Crippen LogP contribution in [0.3, 0.4) is 0 Å². The Labute approximate surface area is 62.9 Å². The van der Waals surface area contributed by atoms with Crippen molar-refractivity contribution in [1.82, 2.24) is 0 Å². The largest absolute Gasteiger partial charge is 0.102 e. The molecule has 1 atom stereocenters. The molecule has 0 N–H and O–H groups in total. The van der Waals surface area contributed by atoms with Crippen LogP contribution in [0.15, 0.2) is 36.5 Å². The summed E-state index contributed by atoms with van der Waals surface area (Å²) < 4.78 is 0. The van der Waals surface area contributed by atoms with Crippen molar-refractivity contribution in [2.75, 3.05) is 0 Å². The predicted octanol–water partition coefficient (Wildman–Crippen LogP) is 3.08. The van der Waals surface area contributed by atoms with Gasteiger partial charge in [-0.1, -0.05) is 24.3 Å². The minimum absolute atomic E-state index is 0.619. The second-order valence-corrected chi connectivity index (χ2v) is 2.79. The Kier molecular flexibility index (Phi) is 2.10. The van der Waals surface area contributed by atoms with Crippen LogP contribution in [0.4, 0.5) is 0 Å². The lowest BCUT2D eigenvalue weighted by molar-refractivity contribution is 0.741. The van der Waals surface area contributed by atoms with Crippen molar-refractivity contribution in [3.63, 3.8) is 0 Å². The molecule has 0 spiro atoms. The third-order valence-electron chi connectivity index (χ3n) is 2.32. The zero-order valence-corrected chi connectivity index (χ0v) is 6.56. The molecule has 0 bridgehead atoms. The third-order valence-corrected chi connectivity index (χ3v) is 2.32. The van der Waals surface area contributed by atoms with E-state index in [-0.39, 0.29) is 0 Å². The van der Waals surface area contributed by atoms with Crippen LogP contribution in [0.2, 0.25) is 0 Å². The van der Waals surface area contributed by atoms with Gasteiger partial charge in [0.05, 0.1) is 0 Å². The van der Waals surface area contributed by atoms with E-state index < -0.39 is 0 Å². The van der Waals surface area contributed by atoms with E-state index >= 15 is 0 Å². The zero-order chi connectivity index (χ0) is 7.56. The van der Waals surface area contributed by atoms with Crippen LogP contribution >= 0.6 is 0 Å². The monoisotopic (exact) mass is 134 g/mol. The van der Waals surface area contributed by atoms with Crippen molar-refractivity contribution in [3.8, 4) is 0 Å². The molecule has 0 radical (unpaired) electrons. The summed E-state index contributed by atoms with van der Waals surface area (Å²) in [6, 6.07) is 0. The summed E-state index contributed by atoms with van der Waals surface area (Å²) in [6.07, 6.45) is 6.42. The van der Waals surface area contributed by atoms with Gasteiger partial charge < -0.3 is 0 Å². The van der Waals surface area contributed by atoms with E-state index in [1.54, 1.807) is 0 Å². The molecule has 1 rings (SSSR count). The fraction of sp³-hybridized carbons (Fsp3) is 0.400. The smallest absolute Gasteiger partial charge is 0.00197 e. The molecule has 1 aliphatic carbocycles. The number of allylic oxidation sites excluding steroid dienone is 4. The van der Waals surface area contributed by atoms with Gasteiger partial charge in [-0.3, -0.25) is 0 Å². The van der Waals surface area contributed by atoms with Gasteiger partial charge in [0.15, 0.2) is 0 Å². The van der Waals surface area contributed by atoms with E-state index in [4.69, 9.17) is 0 Å². The second-order valence-electron chi connectivity index (χ2n) is 2.79. The Balaban J connectivity index is 2.82. The summed E-state index contributed by atoms with van der Waals surface area (Å²) in [5.41, 5.74) is 2.88. The Morgan fingerprint density at radius 1 is 1.50 bits per heavy atom. The average Bonchev–Trinajstić information content (AvgIpc) is 2.30. The highest BCUT2D eigenvalue weighted by molar-refractivity contribution is 5.31. The summed E-state index contributed by atoms with van der Waals surface area (Å²) in [5, 5.41) is 0. The van der Waals surface area contributed by atoms with Gasteiger partial charge in [-0.2, -0.15) is 0 Å². The van der Waals surface area contributed by atoms with Crippen LogP contribution in [0.25, 0.3) is 0 Å². The Bertz CT molecular complexity index is 184. The quantitative estimate of drug-likeness (QED) is 0.509. The van der Waals surface area contributed by atoms with Gasteiger partial charge >= 0.3 is 0 Å². The van der Waals surface area contributed by atoms with E-state index in [0.29, 0.717) is 5.92 Å². The van der Waals surface area contributed by atoms with E-state index in [9.17, 15) is 0 Å². The first kappa shape index (κ1) is 7.33. The predicted molar refractivity (Wildman–Crippen MR) is 45.8 cm³/mol. The maximum Gasteiger partial charge on any atom is -0.00197 e. The standard InChI is InChI=1S/C10H14/c1-4-9-6-7-10(5-2)8(9)3/h4-5,9H,1-2,6-7H2,3H3. The number of rotatable bonds is 2. The van der Waals surface area contributed by atoms with E-state index in [2.05, 4.69) is 20.1 Å². The molecule has 0 heterocycles. The highest BCUT2D eigenvalue weighted by Gasteiger charge is 2.16. The van der Waals surface area contributed by atoms with Crippen LogP contribution in [0.5, 0.6) is 0 Å². The van der Waals surface area contributed by atoms with E-state index in [0.717, 1.165) is 0 Å². The van der Waals surface area contributed by atoms with Gasteiger partial charge in [0, 0.05) is 0 Å². The lowest BCUT2D eigenvalue weighted by atomic mass is 10.0. The molecular weight excluding hydrogens is 120 g/mol. The van der Waals surface area contributed by atoms with Crippen molar-refractivity contribution in [2.45, 2.75) is 19.8 Å². The van der Waals surface area contributed by atoms with Crippen LogP contribution in [-0.2, 0) is 0 Å². The van der Waals surface area contributed by atoms with Crippen LogP contribution in [-0.4, -0.2) is 0 Å². The molecular formula is C10H14. The van der Waals surface area contributed by atoms with Crippen molar-refractivity contribution in [2.24, 2.45) is 5.92 Å². The van der Waals surface area contributed by atoms with Crippen molar-refractivity contribution < 1.29 is 0 Å².